The Balaban J connectivity index is 1.84. The molecule has 3 aromatic rings. The Morgan fingerprint density at radius 2 is 1.71 bits per heavy atom. The Kier molecular flexibility index (Phi) is 8.28. The Morgan fingerprint density at radius 3 is 2.44 bits per heavy atom. The van der Waals surface area contributed by atoms with Crippen molar-refractivity contribution in [2.45, 2.75) is 59.2 Å². The lowest BCUT2D eigenvalue weighted by atomic mass is 10.2. The molecule has 0 radical (unpaired) electrons. The fraction of sp³-hybridized carbons (Fsp3) is 0.360. The van der Waals surface area contributed by atoms with E-state index in [0.29, 0.717) is 40.9 Å². The lowest BCUT2D eigenvalue weighted by molar-refractivity contribution is -0.121. The summed E-state index contributed by atoms with van der Waals surface area (Å²) in [5, 5.41) is 6.49. The van der Waals surface area contributed by atoms with Crippen molar-refractivity contribution in [2.75, 3.05) is 5.32 Å². The summed E-state index contributed by atoms with van der Waals surface area (Å²) in [5.74, 6) is -0.473. The van der Waals surface area contributed by atoms with Crippen LogP contribution in [-0.2, 0) is 22.7 Å². The first kappa shape index (κ1) is 25.2. The molecule has 0 atom stereocenters. The van der Waals surface area contributed by atoms with Gasteiger partial charge in [-0.1, -0.05) is 29.8 Å². The topological polar surface area (TPSA) is 102 Å². The lowest BCUT2D eigenvalue weighted by Crippen LogP contribution is -2.41. The summed E-state index contributed by atoms with van der Waals surface area (Å²) in [7, 11) is 0. The average molecular weight is 485 g/mol. The smallest absolute Gasteiger partial charge is 0.331 e. The van der Waals surface area contributed by atoms with Crippen LogP contribution in [0.3, 0.4) is 0 Å². The van der Waals surface area contributed by atoms with E-state index in [4.69, 9.17) is 11.6 Å². The molecule has 0 saturated carbocycles. The highest BCUT2D eigenvalue weighted by atomic mass is 35.5. The molecule has 0 spiro atoms. The van der Waals surface area contributed by atoms with Crippen molar-refractivity contribution < 1.29 is 9.59 Å². The number of carbonyl (C=O) groups excluding carboxylic acids is 2. The van der Waals surface area contributed by atoms with Gasteiger partial charge < -0.3 is 10.6 Å². The van der Waals surface area contributed by atoms with Gasteiger partial charge in [-0.25, -0.2) is 4.79 Å². The van der Waals surface area contributed by atoms with E-state index in [1.165, 1.54) is 4.57 Å². The number of amides is 2. The van der Waals surface area contributed by atoms with Gasteiger partial charge in [-0.05, 0) is 63.4 Å². The second-order valence-electron chi connectivity index (χ2n) is 8.48. The average Bonchev–Trinajstić information content (AvgIpc) is 2.78. The number of nitrogens with zero attached hydrogens (tertiary/aromatic N) is 2. The number of hydrogen-bond acceptors (Lipinski definition) is 4. The molecule has 0 fully saturated rings. The molecule has 3 rings (SSSR count). The fourth-order valence-electron chi connectivity index (χ4n) is 3.75. The first-order valence-corrected chi connectivity index (χ1v) is 11.6. The Labute approximate surface area is 202 Å². The van der Waals surface area contributed by atoms with Gasteiger partial charge in [0.05, 0.1) is 10.9 Å². The molecule has 2 aromatic carbocycles. The number of fused-ring (bicyclic) bond motifs is 1. The molecular formula is C25H29ClN4O4. The summed E-state index contributed by atoms with van der Waals surface area (Å²) < 4.78 is 2.44. The summed E-state index contributed by atoms with van der Waals surface area (Å²) >= 11 is 6.13. The minimum Gasteiger partial charge on any atom is -0.354 e. The first-order chi connectivity index (χ1) is 16.2. The molecule has 2 amide bonds. The number of anilines is 1. The molecule has 0 aliphatic carbocycles. The summed E-state index contributed by atoms with van der Waals surface area (Å²) in [5.41, 5.74) is 0.704. The molecule has 0 aliphatic heterocycles. The zero-order chi connectivity index (χ0) is 24.8. The first-order valence-electron chi connectivity index (χ1n) is 11.3. The van der Waals surface area contributed by atoms with Gasteiger partial charge in [0.25, 0.3) is 5.56 Å². The molecule has 9 heteroatoms. The van der Waals surface area contributed by atoms with Crippen LogP contribution in [0, 0.1) is 6.92 Å². The molecule has 1 aromatic heterocycles. The quantitative estimate of drug-likeness (QED) is 0.454. The molecule has 2 N–H and O–H groups in total. The third-order valence-electron chi connectivity index (χ3n) is 5.46. The number of carbonyl (C=O) groups is 2. The van der Waals surface area contributed by atoms with E-state index >= 15 is 0 Å². The molecule has 8 nitrogen and oxygen atoms in total. The van der Waals surface area contributed by atoms with Crippen LogP contribution in [0.2, 0.25) is 5.02 Å². The standard InChI is InChI=1S/C25H29ClN4O4/c1-16(2)27-22(31)13-6-7-14-29-24(33)18-9-4-5-12-21(18)30(25(29)34)15-23(32)28-20-11-8-10-19(26)17(20)3/h4-5,8-12,16H,6-7,13-15H2,1-3H3,(H,27,31)(H,28,32). The van der Waals surface area contributed by atoms with Gasteiger partial charge in [0, 0.05) is 29.7 Å². The van der Waals surface area contributed by atoms with Crippen molar-refractivity contribution in [2.24, 2.45) is 0 Å². The zero-order valence-corrected chi connectivity index (χ0v) is 20.3. The van der Waals surface area contributed by atoms with Crippen LogP contribution in [0.25, 0.3) is 10.9 Å². The molecule has 0 bridgehead atoms. The predicted octanol–water partition coefficient (Wildman–Crippen LogP) is 3.46. The predicted molar refractivity (Wildman–Crippen MR) is 134 cm³/mol. The maximum Gasteiger partial charge on any atom is 0.331 e. The van der Waals surface area contributed by atoms with Crippen LogP contribution in [0.4, 0.5) is 5.69 Å². The monoisotopic (exact) mass is 484 g/mol. The van der Waals surface area contributed by atoms with Gasteiger partial charge in [-0.2, -0.15) is 0 Å². The number of hydrogen-bond donors (Lipinski definition) is 2. The number of rotatable bonds is 9. The van der Waals surface area contributed by atoms with Crippen molar-refractivity contribution in [1.29, 1.82) is 0 Å². The highest BCUT2D eigenvalue weighted by Gasteiger charge is 2.16. The minimum atomic E-state index is -0.562. The normalized spacial score (nSPS) is 11.1. The number of nitrogens with one attached hydrogen (secondary N) is 2. The summed E-state index contributed by atoms with van der Waals surface area (Å²) in [4.78, 5) is 50.9. The number of aromatic nitrogens is 2. The second kappa shape index (κ2) is 11.2. The Morgan fingerprint density at radius 1 is 0.971 bits per heavy atom. The summed E-state index contributed by atoms with van der Waals surface area (Å²) in [6, 6.07) is 12.0. The van der Waals surface area contributed by atoms with Crippen LogP contribution in [0.15, 0.2) is 52.1 Å². The third kappa shape index (κ3) is 5.94. The van der Waals surface area contributed by atoms with Gasteiger partial charge in [-0.15, -0.1) is 0 Å². The van der Waals surface area contributed by atoms with Gasteiger partial charge in [0.15, 0.2) is 0 Å². The molecule has 180 valence electrons. The van der Waals surface area contributed by atoms with Gasteiger partial charge in [0.1, 0.15) is 6.54 Å². The molecule has 1 heterocycles. The van der Waals surface area contributed by atoms with Crippen LogP contribution >= 0.6 is 11.6 Å². The van der Waals surface area contributed by atoms with Crippen molar-refractivity contribution in [3.05, 3.63) is 73.9 Å². The largest absolute Gasteiger partial charge is 0.354 e. The van der Waals surface area contributed by atoms with E-state index in [9.17, 15) is 19.2 Å². The van der Waals surface area contributed by atoms with Gasteiger partial charge in [0.2, 0.25) is 11.8 Å². The summed E-state index contributed by atoms with van der Waals surface area (Å²) in [6.45, 7) is 5.47. The maximum absolute atomic E-state index is 13.2. The molecule has 34 heavy (non-hydrogen) atoms. The lowest BCUT2D eigenvalue weighted by Gasteiger charge is -2.15. The van der Waals surface area contributed by atoms with Gasteiger partial charge in [-0.3, -0.25) is 23.5 Å². The van der Waals surface area contributed by atoms with E-state index < -0.39 is 17.2 Å². The maximum atomic E-state index is 13.2. The van der Waals surface area contributed by atoms with Crippen LogP contribution in [0.1, 0.15) is 38.7 Å². The highest BCUT2D eigenvalue weighted by molar-refractivity contribution is 6.31. The van der Waals surface area contributed by atoms with E-state index in [-0.39, 0.29) is 25.0 Å². The molecule has 0 unspecified atom stereocenters. The van der Waals surface area contributed by atoms with E-state index in [1.807, 2.05) is 13.8 Å². The van der Waals surface area contributed by atoms with Crippen molar-refractivity contribution in [1.82, 2.24) is 14.5 Å². The van der Waals surface area contributed by atoms with Gasteiger partial charge >= 0.3 is 5.69 Å². The number of unbranched alkanes of at least 4 members (excludes halogenated alkanes) is 1. The Bertz CT molecular complexity index is 1330. The number of halogens is 1. The summed E-state index contributed by atoms with van der Waals surface area (Å²) in [6.07, 6.45) is 1.33. The second-order valence-corrected chi connectivity index (χ2v) is 8.89. The Hall–Kier alpha value is -3.39. The molecular weight excluding hydrogens is 456 g/mol. The van der Waals surface area contributed by atoms with Crippen molar-refractivity contribution in [3.63, 3.8) is 0 Å². The third-order valence-corrected chi connectivity index (χ3v) is 5.87. The number of para-hydroxylation sites is 1. The van der Waals surface area contributed by atoms with E-state index in [2.05, 4.69) is 10.6 Å². The minimum absolute atomic E-state index is 0.0599. The number of benzene rings is 2. The SMILES string of the molecule is Cc1c(Cl)cccc1NC(=O)Cn1c(=O)n(CCCCC(=O)NC(C)C)c(=O)c2ccccc21. The van der Waals surface area contributed by atoms with Crippen molar-refractivity contribution >= 4 is 40.0 Å². The van der Waals surface area contributed by atoms with Crippen LogP contribution in [-0.4, -0.2) is 27.0 Å². The molecule has 0 saturated heterocycles. The highest BCUT2D eigenvalue weighted by Crippen LogP contribution is 2.23. The van der Waals surface area contributed by atoms with Crippen molar-refractivity contribution in [3.8, 4) is 0 Å². The van der Waals surface area contributed by atoms with E-state index in [1.54, 1.807) is 49.4 Å². The van der Waals surface area contributed by atoms with Crippen LogP contribution < -0.4 is 21.9 Å². The molecule has 0 aliphatic rings. The zero-order valence-electron chi connectivity index (χ0n) is 19.6. The van der Waals surface area contributed by atoms with E-state index in [0.717, 1.165) is 10.1 Å². The van der Waals surface area contributed by atoms with Crippen LogP contribution in [0.5, 0.6) is 0 Å². The fourth-order valence-corrected chi connectivity index (χ4v) is 3.92.